The molecule has 0 atom stereocenters. The average molecular weight is 282 g/mol. The minimum atomic E-state index is 0.393. The van der Waals surface area contributed by atoms with Crippen LogP contribution in [-0.2, 0) is 19.5 Å². The molecule has 0 saturated carbocycles. The predicted molar refractivity (Wildman–Crippen MR) is 82.9 cm³/mol. The molecule has 0 N–H and O–H groups in total. The number of fused-ring (bicyclic) bond motifs is 1. The van der Waals surface area contributed by atoms with E-state index < -0.39 is 0 Å². The Labute approximate surface area is 126 Å². The van der Waals surface area contributed by atoms with Crippen LogP contribution in [0, 0.1) is 6.92 Å². The van der Waals surface area contributed by atoms with Crippen molar-refractivity contribution in [3.63, 3.8) is 0 Å². The zero-order valence-electron chi connectivity index (χ0n) is 13.0. The first-order valence-corrected chi connectivity index (χ1v) is 7.61. The third kappa shape index (κ3) is 3.27. The van der Waals surface area contributed by atoms with E-state index in [2.05, 4.69) is 40.8 Å². The van der Waals surface area contributed by atoms with Crippen LogP contribution >= 0.6 is 0 Å². The molecule has 0 aliphatic carbocycles. The van der Waals surface area contributed by atoms with Gasteiger partial charge in [-0.15, -0.1) is 0 Å². The second kappa shape index (κ2) is 5.90. The minimum Gasteiger partial charge on any atom is -0.293 e. The van der Waals surface area contributed by atoms with Gasteiger partial charge in [-0.05, 0) is 19.1 Å². The number of hydrogen-bond acceptors (Lipinski definition) is 4. The normalized spacial score (nSPS) is 15.2. The summed E-state index contributed by atoms with van der Waals surface area (Å²) in [5.74, 6) is 1.35. The summed E-state index contributed by atoms with van der Waals surface area (Å²) >= 11 is 0. The molecule has 0 amide bonds. The second-order valence-electron chi connectivity index (χ2n) is 6.09. The number of pyridine rings is 1. The Morgan fingerprint density at radius 2 is 2.10 bits per heavy atom. The van der Waals surface area contributed by atoms with Gasteiger partial charge in [0.25, 0.3) is 0 Å². The van der Waals surface area contributed by atoms with E-state index >= 15 is 0 Å². The van der Waals surface area contributed by atoms with Crippen molar-refractivity contribution in [3.8, 4) is 0 Å². The van der Waals surface area contributed by atoms with Crippen molar-refractivity contribution in [2.75, 3.05) is 6.54 Å². The summed E-state index contributed by atoms with van der Waals surface area (Å²) in [6.07, 6.45) is 3.01. The molecule has 1 aliphatic heterocycles. The fraction of sp³-hybridized carbons (Fsp3) is 0.471. The highest BCUT2D eigenvalue weighted by Crippen LogP contribution is 2.20. The number of rotatable bonds is 3. The second-order valence-corrected chi connectivity index (χ2v) is 6.09. The van der Waals surface area contributed by atoms with Crippen LogP contribution in [0.15, 0.2) is 24.4 Å². The molecule has 110 valence electrons. The largest absolute Gasteiger partial charge is 0.293 e. The van der Waals surface area contributed by atoms with Crippen LogP contribution in [0.4, 0.5) is 0 Å². The molecule has 0 spiro atoms. The third-order valence-corrected chi connectivity index (χ3v) is 3.88. The fourth-order valence-electron chi connectivity index (χ4n) is 2.72. The zero-order chi connectivity index (χ0) is 14.8. The molecular formula is C17H22N4. The van der Waals surface area contributed by atoms with Crippen LogP contribution in [0.1, 0.15) is 48.2 Å². The van der Waals surface area contributed by atoms with Crippen molar-refractivity contribution in [1.82, 2.24) is 19.9 Å². The topological polar surface area (TPSA) is 41.9 Å². The van der Waals surface area contributed by atoms with Crippen LogP contribution in [0.25, 0.3) is 0 Å². The molecule has 4 nitrogen and oxygen atoms in total. The highest BCUT2D eigenvalue weighted by atomic mass is 15.1. The number of nitrogens with zero attached hydrogens (tertiary/aromatic N) is 4. The predicted octanol–water partition coefficient (Wildman–Crippen LogP) is 2.86. The zero-order valence-corrected chi connectivity index (χ0v) is 13.0. The molecule has 0 bridgehead atoms. The van der Waals surface area contributed by atoms with Gasteiger partial charge >= 0.3 is 0 Å². The van der Waals surface area contributed by atoms with Gasteiger partial charge < -0.3 is 0 Å². The van der Waals surface area contributed by atoms with Crippen LogP contribution in [0.3, 0.4) is 0 Å². The van der Waals surface area contributed by atoms with Gasteiger partial charge in [-0.25, -0.2) is 9.97 Å². The van der Waals surface area contributed by atoms with Gasteiger partial charge in [0.2, 0.25) is 0 Å². The van der Waals surface area contributed by atoms with E-state index in [0.717, 1.165) is 43.3 Å². The number of aromatic nitrogens is 3. The van der Waals surface area contributed by atoms with Crippen molar-refractivity contribution >= 4 is 0 Å². The Bertz CT molecular complexity index is 636. The Morgan fingerprint density at radius 3 is 2.86 bits per heavy atom. The van der Waals surface area contributed by atoms with E-state index in [1.54, 1.807) is 0 Å². The SMILES string of the molecule is Cc1cccc(CN2CCc3nc(C(C)C)ncc3C2)n1. The monoisotopic (exact) mass is 282 g/mol. The molecule has 21 heavy (non-hydrogen) atoms. The molecule has 0 saturated heterocycles. The first-order valence-electron chi connectivity index (χ1n) is 7.61. The Hall–Kier alpha value is -1.81. The summed E-state index contributed by atoms with van der Waals surface area (Å²) in [5.41, 5.74) is 4.70. The summed E-state index contributed by atoms with van der Waals surface area (Å²) in [6, 6.07) is 6.21. The quantitative estimate of drug-likeness (QED) is 0.868. The smallest absolute Gasteiger partial charge is 0.131 e. The number of aryl methyl sites for hydroxylation is 1. The lowest BCUT2D eigenvalue weighted by Gasteiger charge is -2.28. The lowest BCUT2D eigenvalue weighted by atomic mass is 10.1. The summed E-state index contributed by atoms with van der Waals surface area (Å²) in [7, 11) is 0. The molecule has 2 aromatic rings. The molecule has 0 radical (unpaired) electrons. The van der Waals surface area contributed by atoms with Gasteiger partial charge in [0.05, 0.1) is 5.69 Å². The summed E-state index contributed by atoms with van der Waals surface area (Å²) in [6.45, 7) is 9.17. The van der Waals surface area contributed by atoms with E-state index in [-0.39, 0.29) is 0 Å². The molecule has 0 aromatic carbocycles. The van der Waals surface area contributed by atoms with Crippen molar-refractivity contribution in [2.24, 2.45) is 0 Å². The van der Waals surface area contributed by atoms with E-state index in [1.165, 1.54) is 11.3 Å². The third-order valence-electron chi connectivity index (χ3n) is 3.88. The molecule has 0 unspecified atom stereocenters. The van der Waals surface area contributed by atoms with Gasteiger partial charge in [-0.2, -0.15) is 0 Å². The van der Waals surface area contributed by atoms with E-state index in [1.807, 2.05) is 19.2 Å². The van der Waals surface area contributed by atoms with Crippen LogP contribution in [-0.4, -0.2) is 26.4 Å². The van der Waals surface area contributed by atoms with Crippen molar-refractivity contribution in [1.29, 1.82) is 0 Å². The first kappa shape index (κ1) is 14.1. The van der Waals surface area contributed by atoms with E-state index in [4.69, 9.17) is 4.98 Å². The maximum absolute atomic E-state index is 4.71. The standard InChI is InChI=1S/C17H22N4/c1-12(2)17-18-9-14-10-21(8-7-16(14)20-17)11-15-6-4-5-13(3)19-15/h4-6,9,12H,7-8,10-11H2,1-3H3. The summed E-state index contributed by atoms with van der Waals surface area (Å²) in [5, 5.41) is 0. The molecule has 4 heteroatoms. The molecule has 2 aromatic heterocycles. The summed E-state index contributed by atoms with van der Waals surface area (Å²) < 4.78 is 0. The highest BCUT2D eigenvalue weighted by molar-refractivity contribution is 5.21. The van der Waals surface area contributed by atoms with Crippen LogP contribution in [0.2, 0.25) is 0 Å². The molecule has 0 fully saturated rings. The van der Waals surface area contributed by atoms with Crippen LogP contribution in [0.5, 0.6) is 0 Å². The molecular weight excluding hydrogens is 260 g/mol. The van der Waals surface area contributed by atoms with Crippen molar-refractivity contribution < 1.29 is 0 Å². The maximum atomic E-state index is 4.71. The molecule has 3 heterocycles. The van der Waals surface area contributed by atoms with Gasteiger partial charge in [0.1, 0.15) is 5.82 Å². The van der Waals surface area contributed by atoms with Gasteiger partial charge in [-0.1, -0.05) is 19.9 Å². The lowest BCUT2D eigenvalue weighted by Crippen LogP contribution is -2.31. The average Bonchev–Trinajstić information content (AvgIpc) is 2.46. The maximum Gasteiger partial charge on any atom is 0.131 e. The van der Waals surface area contributed by atoms with Gasteiger partial charge in [-0.3, -0.25) is 9.88 Å². The minimum absolute atomic E-state index is 0.393. The van der Waals surface area contributed by atoms with E-state index in [9.17, 15) is 0 Å². The molecule has 3 rings (SSSR count). The Morgan fingerprint density at radius 1 is 1.24 bits per heavy atom. The highest BCUT2D eigenvalue weighted by Gasteiger charge is 2.19. The fourth-order valence-corrected chi connectivity index (χ4v) is 2.72. The lowest BCUT2D eigenvalue weighted by molar-refractivity contribution is 0.239. The number of hydrogen-bond donors (Lipinski definition) is 0. The van der Waals surface area contributed by atoms with Gasteiger partial charge in [0.15, 0.2) is 0 Å². The Kier molecular flexibility index (Phi) is 3.97. The van der Waals surface area contributed by atoms with Crippen molar-refractivity contribution in [2.45, 2.75) is 46.2 Å². The Balaban J connectivity index is 1.73. The van der Waals surface area contributed by atoms with Crippen LogP contribution < -0.4 is 0 Å². The summed E-state index contributed by atoms with van der Waals surface area (Å²) in [4.78, 5) is 16.2. The molecule has 1 aliphatic rings. The van der Waals surface area contributed by atoms with Gasteiger partial charge in [0, 0.05) is 55.1 Å². The van der Waals surface area contributed by atoms with E-state index in [0.29, 0.717) is 5.92 Å². The first-order chi connectivity index (χ1) is 10.1. The van der Waals surface area contributed by atoms with Crippen molar-refractivity contribution in [3.05, 3.63) is 52.9 Å².